The van der Waals surface area contributed by atoms with E-state index >= 15 is 0 Å². The van der Waals surface area contributed by atoms with Crippen molar-refractivity contribution < 1.29 is 4.39 Å². The van der Waals surface area contributed by atoms with Gasteiger partial charge in [-0.1, -0.05) is 42.8 Å². The minimum Gasteiger partial charge on any atom is -0.311 e. The van der Waals surface area contributed by atoms with E-state index in [9.17, 15) is 14.0 Å². The Morgan fingerprint density at radius 2 is 1.88 bits per heavy atom. The molecule has 0 bridgehead atoms. The molecule has 5 rings (SSSR count). The first-order valence-electron chi connectivity index (χ1n) is 10.7. The summed E-state index contributed by atoms with van der Waals surface area (Å²) in [5, 5.41) is 0.165. The molecule has 2 aromatic heterocycles. The van der Waals surface area contributed by atoms with E-state index in [1.165, 1.54) is 22.8 Å². The molecule has 0 amide bonds. The lowest BCUT2D eigenvalue weighted by Gasteiger charge is -2.33. The topological polar surface area (TPSA) is 65.1 Å². The first-order valence-corrected chi connectivity index (χ1v) is 11.1. The van der Waals surface area contributed by atoms with E-state index in [2.05, 4.69) is 11.8 Å². The van der Waals surface area contributed by atoms with E-state index < -0.39 is 17.1 Å². The Bertz CT molecular complexity index is 1500. The van der Waals surface area contributed by atoms with Crippen LogP contribution >= 0.6 is 11.6 Å². The minimum absolute atomic E-state index is 0.103. The third-order valence-electron chi connectivity index (χ3n) is 6.23. The third kappa shape index (κ3) is 3.36. The van der Waals surface area contributed by atoms with Gasteiger partial charge >= 0.3 is 5.69 Å². The van der Waals surface area contributed by atoms with Gasteiger partial charge in [0.05, 0.1) is 6.54 Å². The summed E-state index contributed by atoms with van der Waals surface area (Å²) in [5.74, 6) is 0.290. The molecule has 3 heterocycles. The van der Waals surface area contributed by atoms with Crippen LogP contribution in [0.1, 0.15) is 18.1 Å². The molecule has 1 aliphatic heterocycles. The second-order valence-corrected chi connectivity index (χ2v) is 9.04. The highest BCUT2D eigenvalue weighted by Crippen LogP contribution is 2.34. The van der Waals surface area contributed by atoms with Crippen molar-refractivity contribution in [3.05, 3.63) is 85.3 Å². The number of aryl methyl sites for hydroxylation is 2. The number of benzene rings is 2. The average Bonchev–Trinajstić information content (AvgIpc) is 3.16. The van der Waals surface area contributed by atoms with Gasteiger partial charge in [0.25, 0.3) is 5.56 Å². The predicted molar refractivity (Wildman–Crippen MR) is 127 cm³/mol. The number of halogens is 2. The van der Waals surface area contributed by atoms with Gasteiger partial charge < -0.3 is 9.47 Å². The maximum absolute atomic E-state index is 14.4. The van der Waals surface area contributed by atoms with Crippen molar-refractivity contribution in [2.24, 2.45) is 13.0 Å². The zero-order valence-corrected chi connectivity index (χ0v) is 19.3. The molecular formula is C24H23ClFN5O2. The monoisotopic (exact) mass is 467 g/mol. The van der Waals surface area contributed by atoms with Crippen LogP contribution in [0.5, 0.6) is 0 Å². The quantitative estimate of drug-likeness (QED) is 0.459. The molecule has 2 aromatic carbocycles. The number of rotatable bonds is 3. The molecule has 0 radical (unpaired) electrons. The molecule has 4 aromatic rings. The largest absolute Gasteiger partial charge is 0.332 e. The number of para-hydroxylation sites is 1. The van der Waals surface area contributed by atoms with Crippen LogP contribution in [-0.2, 0) is 20.1 Å². The Morgan fingerprint density at radius 1 is 1.12 bits per heavy atom. The van der Waals surface area contributed by atoms with E-state index in [1.54, 1.807) is 7.05 Å². The molecule has 9 heteroatoms. The summed E-state index contributed by atoms with van der Waals surface area (Å²) in [6.07, 6.45) is 0. The summed E-state index contributed by atoms with van der Waals surface area (Å²) in [5.41, 5.74) is 1.75. The second kappa shape index (κ2) is 7.88. The molecule has 170 valence electrons. The molecule has 33 heavy (non-hydrogen) atoms. The molecule has 0 aliphatic carbocycles. The predicted octanol–water partition coefficient (Wildman–Crippen LogP) is 3.83. The van der Waals surface area contributed by atoms with Crippen LogP contribution in [0.2, 0.25) is 5.02 Å². The van der Waals surface area contributed by atoms with Crippen molar-refractivity contribution in [2.45, 2.75) is 26.9 Å². The molecule has 0 saturated carbocycles. The fraction of sp³-hybridized carbons (Fsp3) is 0.292. The van der Waals surface area contributed by atoms with Gasteiger partial charge in [0.1, 0.15) is 5.82 Å². The van der Waals surface area contributed by atoms with Crippen LogP contribution in [-0.4, -0.2) is 25.2 Å². The van der Waals surface area contributed by atoms with Crippen molar-refractivity contribution in [3.8, 4) is 0 Å². The number of imidazole rings is 1. The fourth-order valence-electron chi connectivity index (χ4n) is 4.56. The number of hydrogen-bond donors (Lipinski definition) is 0. The lowest BCUT2D eigenvalue weighted by molar-refractivity contribution is 0.457. The standard InChI is InChI=1S/C24H23ClFN5O2/c1-14-11-29(19-10-5-4-7-15(19)2)23-27-21-20(30(23)12-14)22(32)31(24(33)28(21)3)13-16-17(25)8-6-9-18(16)26/h4-10,14H,11-13H2,1-3H3. The molecule has 7 nitrogen and oxygen atoms in total. The maximum Gasteiger partial charge on any atom is 0.332 e. The lowest BCUT2D eigenvalue weighted by atomic mass is 10.1. The Morgan fingerprint density at radius 3 is 2.61 bits per heavy atom. The van der Waals surface area contributed by atoms with Gasteiger partial charge in [0, 0.05) is 36.4 Å². The zero-order valence-electron chi connectivity index (χ0n) is 18.5. The Hall–Kier alpha value is -3.39. The number of anilines is 2. The van der Waals surface area contributed by atoms with Crippen LogP contribution in [0.15, 0.2) is 52.1 Å². The van der Waals surface area contributed by atoms with Crippen LogP contribution in [0.25, 0.3) is 11.2 Å². The molecular weight excluding hydrogens is 445 g/mol. The van der Waals surface area contributed by atoms with Gasteiger partial charge in [0.2, 0.25) is 5.95 Å². The Kier molecular flexibility index (Phi) is 5.12. The maximum atomic E-state index is 14.4. The normalized spacial score (nSPS) is 15.8. The summed E-state index contributed by atoms with van der Waals surface area (Å²) >= 11 is 6.17. The second-order valence-electron chi connectivity index (χ2n) is 8.63. The Balaban J connectivity index is 1.76. The van der Waals surface area contributed by atoms with Crippen molar-refractivity contribution >= 4 is 34.4 Å². The molecule has 1 atom stereocenters. The molecule has 0 fully saturated rings. The van der Waals surface area contributed by atoms with Gasteiger partial charge in [-0.05, 0) is 36.6 Å². The van der Waals surface area contributed by atoms with Gasteiger partial charge in [-0.25, -0.2) is 9.18 Å². The van der Waals surface area contributed by atoms with Gasteiger partial charge in [-0.2, -0.15) is 4.98 Å². The summed E-state index contributed by atoms with van der Waals surface area (Å²) in [7, 11) is 1.57. The van der Waals surface area contributed by atoms with E-state index in [1.807, 2.05) is 35.8 Å². The van der Waals surface area contributed by atoms with E-state index in [0.717, 1.165) is 22.4 Å². The van der Waals surface area contributed by atoms with Crippen LogP contribution in [0.4, 0.5) is 16.0 Å². The van der Waals surface area contributed by atoms with Crippen LogP contribution < -0.4 is 16.1 Å². The van der Waals surface area contributed by atoms with E-state index in [-0.39, 0.29) is 23.0 Å². The Labute approximate surface area is 194 Å². The van der Waals surface area contributed by atoms with Crippen molar-refractivity contribution in [1.29, 1.82) is 0 Å². The first kappa shape index (κ1) is 21.5. The first-order chi connectivity index (χ1) is 15.8. The fourth-order valence-corrected chi connectivity index (χ4v) is 4.78. The summed E-state index contributed by atoms with van der Waals surface area (Å²) < 4.78 is 18.7. The SMILES string of the molecule is Cc1ccccc1N1CC(C)Cn2c1nc1c2c(=O)n(Cc2c(F)cccc2Cl)c(=O)n1C. The highest BCUT2D eigenvalue weighted by Gasteiger charge is 2.30. The highest BCUT2D eigenvalue weighted by molar-refractivity contribution is 6.31. The summed E-state index contributed by atoms with van der Waals surface area (Å²) in [6.45, 7) is 5.20. The van der Waals surface area contributed by atoms with Crippen molar-refractivity contribution in [3.63, 3.8) is 0 Å². The summed E-state index contributed by atoms with van der Waals surface area (Å²) in [4.78, 5) is 33.5. The number of hydrogen-bond acceptors (Lipinski definition) is 4. The summed E-state index contributed by atoms with van der Waals surface area (Å²) in [6, 6.07) is 12.3. The van der Waals surface area contributed by atoms with Crippen molar-refractivity contribution in [2.75, 3.05) is 11.4 Å². The third-order valence-corrected chi connectivity index (χ3v) is 6.58. The zero-order chi connectivity index (χ0) is 23.4. The molecule has 1 unspecified atom stereocenters. The highest BCUT2D eigenvalue weighted by atomic mass is 35.5. The smallest absolute Gasteiger partial charge is 0.311 e. The molecule has 0 spiro atoms. The van der Waals surface area contributed by atoms with Crippen LogP contribution in [0, 0.1) is 18.7 Å². The van der Waals surface area contributed by atoms with Crippen LogP contribution in [0.3, 0.4) is 0 Å². The van der Waals surface area contributed by atoms with Gasteiger partial charge in [-0.15, -0.1) is 0 Å². The molecule has 0 N–H and O–H groups in total. The average molecular weight is 468 g/mol. The number of nitrogens with zero attached hydrogens (tertiary/aromatic N) is 5. The van der Waals surface area contributed by atoms with E-state index in [0.29, 0.717) is 23.7 Å². The molecule has 1 aliphatic rings. The molecule has 0 saturated heterocycles. The minimum atomic E-state index is -0.572. The van der Waals surface area contributed by atoms with Gasteiger partial charge in [0.15, 0.2) is 11.2 Å². The van der Waals surface area contributed by atoms with E-state index in [4.69, 9.17) is 16.6 Å². The van der Waals surface area contributed by atoms with Crippen molar-refractivity contribution in [1.82, 2.24) is 18.7 Å². The lowest BCUT2D eigenvalue weighted by Crippen LogP contribution is -2.41. The number of fused-ring (bicyclic) bond motifs is 3. The van der Waals surface area contributed by atoms with Gasteiger partial charge in [-0.3, -0.25) is 13.9 Å². The number of aromatic nitrogens is 4.